The van der Waals surface area contributed by atoms with E-state index in [-0.39, 0.29) is 24.0 Å². The van der Waals surface area contributed by atoms with E-state index >= 15 is 0 Å². The second-order valence-electron chi connectivity index (χ2n) is 5.27. The van der Waals surface area contributed by atoms with Gasteiger partial charge in [0.2, 0.25) is 0 Å². The minimum absolute atomic E-state index is 0. The summed E-state index contributed by atoms with van der Waals surface area (Å²) in [6, 6.07) is 4.20. The molecule has 0 unspecified atom stereocenters. The predicted octanol–water partition coefficient (Wildman–Crippen LogP) is 2.00. The zero-order valence-electron chi connectivity index (χ0n) is 14.0. The third kappa shape index (κ3) is 6.90. The standard InChI is InChI=1S/C16H27N5O.HI/c1-3-22-11-8-19-16(17-2)20-13-14-6-7-18-15(12-14)21-9-4-5-10-21;/h6-7,12H,3-5,8-11,13H2,1-2H3,(H2,17,19,20);1H. The Balaban J connectivity index is 0.00000264. The van der Waals surface area contributed by atoms with E-state index in [0.717, 1.165) is 44.6 Å². The van der Waals surface area contributed by atoms with E-state index in [1.807, 2.05) is 19.2 Å². The molecule has 0 amide bonds. The molecule has 2 heterocycles. The Morgan fingerprint density at radius 1 is 1.35 bits per heavy atom. The van der Waals surface area contributed by atoms with Gasteiger partial charge in [-0.1, -0.05) is 0 Å². The summed E-state index contributed by atoms with van der Waals surface area (Å²) >= 11 is 0. The largest absolute Gasteiger partial charge is 0.380 e. The van der Waals surface area contributed by atoms with Crippen molar-refractivity contribution in [1.82, 2.24) is 15.6 Å². The highest BCUT2D eigenvalue weighted by atomic mass is 127. The summed E-state index contributed by atoms with van der Waals surface area (Å²) in [5.74, 6) is 1.87. The molecule has 23 heavy (non-hydrogen) atoms. The van der Waals surface area contributed by atoms with Crippen LogP contribution in [0.3, 0.4) is 0 Å². The Hall–Kier alpha value is -1.09. The molecule has 2 N–H and O–H groups in total. The molecule has 1 fully saturated rings. The van der Waals surface area contributed by atoms with Crippen molar-refractivity contribution < 1.29 is 4.74 Å². The van der Waals surface area contributed by atoms with Crippen LogP contribution in [0.25, 0.3) is 0 Å². The van der Waals surface area contributed by atoms with Crippen molar-refractivity contribution in [2.45, 2.75) is 26.3 Å². The fraction of sp³-hybridized carbons (Fsp3) is 0.625. The molecule has 1 aliphatic heterocycles. The van der Waals surface area contributed by atoms with Gasteiger partial charge < -0.3 is 20.3 Å². The monoisotopic (exact) mass is 433 g/mol. The molecular weight excluding hydrogens is 405 g/mol. The molecule has 0 radical (unpaired) electrons. The van der Waals surface area contributed by atoms with Gasteiger partial charge in [0.1, 0.15) is 5.82 Å². The Morgan fingerprint density at radius 3 is 2.83 bits per heavy atom. The van der Waals surface area contributed by atoms with Crippen LogP contribution in [0.4, 0.5) is 5.82 Å². The third-order valence-electron chi connectivity index (χ3n) is 3.67. The molecule has 1 saturated heterocycles. The van der Waals surface area contributed by atoms with E-state index < -0.39 is 0 Å². The molecule has 1 aliphatic rings. The van der Waals surface area contributed by atoms with E-state index in [1.54, 1.807) is 7.05 Å². The summed E-state index contributed by atoms with van der Waals surface area (Å²) in [6.45, 7) is 7.14. The van der Waals surface area contributed by atoms with Gasteiger partial charge in [-0.25, -0.2) is 4.98 Å². The number of guanidine groups is 1. The molecule has 130 valence electrons. The fourth-order valence-electron chi connectivity index (χ4n) is 2.48. The summed E-state index contributed by atoms with van der Waals surface area (Å²) < 4.78 is 5.30. The normalized spacial score (nSPS) is 14.5. The zero-order valence-corrected chi connectivity index (χ0v) is 16.4. The highest BCUT2D eigenvalue weighted by Gasteiger charge is 2.13. The lowest BCUT2D eigenvalue weighted by Crippen LogP contribution is -2.38. The van der Waals surface area contributed by atoms with Crippen LogP contribution in [0, 0.1) is 0 Å². The van der Waals surface area contributed by atoms with E-state index in [0.29, 0.717) is 6.61 Å². The lowest BCUT2D eigenvalue weighted by atomic mass is 10.2. The van der Waals surface area contributed by atoms with Crippen molar-refractivity contribution >= 4 is 35.8 Å². The van der Waals surface area contributed by atoms with Gasteiger partial charge in [-0.05, 0) is 37.5 Å². The summed E-state index contributed by atoms with van der Waals surface area (Å²) in [7, 11) is 1.78. The van der Waals surface area contributed by atoms with Crippen LogP contribution >= 0.6 is 24.0 Å². The maximum Gasteiger partial charge on any atom is 0.191 e. The SMILES string of the molecule is CCOCCNC(=NC)NCc1ccnc(N2CCCC2)c1.I. The van der Waals surface area contributed by atoms with Crippen molar-refractivity contribution in [3.63, 3.8) is 0 Å². The van der Waals surface area contributed by atoms with Crippen LogP contribution in [0.5, 0.6) is 0 Å². The molecular formula is C16H28IN5O. The first kappa shape index (κ1) is 20.0. The van der Waals surface area contributed by atoms with Crippen molar-refractivity contribution in [3.8, 4) is 0 Å². The van der Waals surface area contributed by atoms with Crippen molar-refractivity contribution in [2.75, 3.05) is 44.8 Å². The van der Waals surface area contributed by atoms with Gasteiger partial charge >= 0.3 is 0 Å². The van der Waals surface area contributed by atoms with Gasteiger partial charge in [0.15, 0.2) is 5.96 Å². The van der Waals surface area contributed by atoms with Crippen LogP contribution in [0.1, 0.15) is 25.3 Å². The minimum atomic E-state index is 0. The van der Waals surface area contributed by atoms with Gasteiger partial charge in [0.05, 0.1) is 6.61 Å². The Labute approximate surface area is 156 Å². The molecule has 0 atom stereocenters. The second-order valence-corrected chi connectivity index (χ2v) is 5.27. The summed E-state index contributed by atoms with van der Waals surface area (Å²) in [5.41, 5.74) is 1.21. The van der Waals surface area contributed by atoms with Crippen LogP contribution in [0.15, 0.2) is 23.3 Å². The predicted molar refractivity (Wildman–Crippen MR) is 106 cm³/mol. The van der Waals surface area contributed by atoms with Crippen LogP contribution < -0.4 is 15.5 Å². The number of nitrogens with one attached hydrogen (secondary N) is 2. The lowest BCUT2D eigenvalue weighted by molar-refractivity contribution is 0.152. The quantitative estimate of drug-likeness (QED) is 0.298. The Bertz CT molecular complexity index is 477. The highest BCUT2D eigenvalue weighted by Crippen LogP contribution is 2.18. The number of ether oxygens (including phenoxy) is 1. The van der Waals surface area contributed by atoms with Crippen molar-refractivity contribution in [2.24, 2.45) is 4.99 Å². The molecule has 6 nitrogen and oxygen atoms in total. The first-order valence-corrected chi connectivity index (χ1v) is 8.05. The smallest absolute Gasteiger partial charge is 0.191 e. The minimum Gasteiger partial charge on any atom is -0.380 e. The number of aliphatic imine (C=N–C) groups is 1. The van der Waals surface area contributed by atoms with E-state index in [9.17, 15) is 0 Å². The highest BCUT2D eigenvalue weighted by molar-refractivity contribution is 14.0. The first-order valence-electron chi connectivity index (χ1n) is 8.05. The van der Waals surface area contributed by atoms with Crippen LogP contribution in [-0.4, -0.2) is 50.8 Å². The van der Waals surface area contributed by atoms with Crippen molar-refractivity contribution in [1.29, 1.82) is 0 Å². The van der Waals surface area contributed by atoms with Gasteiger partial charge in [-0.15, -0.1) is 24.0 Å². The molecule has 2 rings (SSSR count). The number of nitrogens with zero attached hydrogens (tertiary/aromatic N) is 3. The molecule has 0 saturated carbocycles. The van der Waals surface area contributed by atoms with Crippen LogP contribution in [0.2, 0.25) is 0 Å². The van der Waals surface area contributed by atoms with E-state index in [1.165, 1.54) is 18.4 Å². The average molecular weight is 433 g/mol. The number of anilines is 1. The van der Waals surface area contributed by atoms with Gasteiger partial charge in [-0.2, -0.15) is 0 Å². The number of aromatic nitrogens is 1. The fourth-order valence-corrected chi connectivity index (χ4v) is 2.48. The maximum absolute atomic E-state index is 5.30. The maximum atomic E-state index is 5.30. The van der Waals surface area contributed by atoms with Gasteiger partial charge in [-0.3, -0.25) is 4.99 Å². The van der Waals surface area contributed by atoms with E-state index in [2.05, 4.69) is 31.6 Å². The first-order chi connectivity index (χ1) is 10.8. The number of hydrogen-bond acceptors (Lipinski definition) is 4. The number of rotatable bonds is 7. The molecule has 0 aliphatic carbocycles. The average Bonchev–Trinajstić information content (AvgIpc) is 3.09. The Morgan fingerprint density at radius 2 is 2.13 bits per heavy atom. The second kappa shape index (κ2) is 11.4. The molecule has 0 bridgehead atoms. The third-order valence-corrected chi connectivity index (χ3v) is 3.67. The van der Waals surface area contributed by atoms with Gasteiger partial charge in [0.25, 0.3) is 0 Å². The summed E-state index contributed by atoms with van der Waals surface area (Å²) in [4.78, 5) is 11.0. The van der Waals surface area contributed by atoms with E-state index in [4.69, 9.17) is 4.74 Å². The molecule has 0 aromatic carbocycles. The Kier molecular flexibility index (Phi) is 9.93. The molecule has 1 aromatic heterocycles. The molecule has 7 heteroatoms. The van der Waals surface area contributed by atoms with Gasteiger partial charge in [0, 0.05) is 46.0 Å². The number of hydrogen-bond donors (Lipinski definition) is 2. The summed E-state index contributed by atoms with van der Waals surface area (Å²) in [6.07, 6.45) is 4.41. The van der Waals surface area contributed by atoms with Crippen molar-refractivity contribution in [3.05, 3.63) is 23.9 Å². The van der Waals surface area contributed by atoms with Crippen LogP contribution in [-0.2, 0) is 11.3 Å². The molecule has 1 aromatic rings. The topological polar surface area (TPSA) is 61.8 Å². The number of halogens is 1. The zero-order chi connectivity index (χ0) is 15.6. The molecule has 0 spiro atoms. The summed E-state index contributed by atoms with van der Waals surface area (Å²) in [5, 5.41) is 6.55. The number of pyridine rings is 1. The lowest BCUT2D eigenvalue weighted by Gasteiger charge is -2.17.